The summed E-state index contributed by atoms with van der Waals surface area (Å²) in [5.41, 5.74) is 1.16. The van der Waals surface area contributed by atoms with Gasteiger partial charge < -0.3 is 15.1 Å². The first-order chi connectivity index (χ1) is 9.44. The number of aromatic nitrogens is 2. The van der Waals surface area contributed by atoms with Crippen molar-refractivity contribution < 1.29 is 4.79 Å². The number of amides is 2. The summed E-state index contributed by atoms with van der Waals surface area (Å²) in [5.74, 6) is 0. The Morgan fingerprint density at radius 1 is 1.45 bits per heavy atom. The molecule has 112 valence electrons. The van der Waals surface area contributed by atoms with Gasteiger partial charge in [-0.3, -0.25) is 4.68 Å². The second kappa shape index (κ2) is 5.83. The third kappa shape index (κ3) is 2.95. The third-order valence-electron chi connectivity index (χ3n) is 4.45. The lowest BCUT2D eigenvalue weighted by atomic mass is 9.75. The van der Waals surface area contributed by atoms with Crippen LogP contribution in [0, 0.1) is 0 Å². The van der Waals surface area contributed by atoms with Crippen LogP contribution in [-0.2, 0) is 13.6 Å². The highest BCUT2D eigenvalue weighted by Crippen LogP contribution is 2.36. The van der Waals surface area contributed by atoms with E-state index in [2.05, 4.69) is 29.4 Å². The minimum atomic E-state index is -0.0284. The zero-order chi connectivity index (χ0) is 14.8. The topological polar surface area (TPSA) is 53.4 Å². The number of nitrogens with one attached hydrogen (secondary N) is 1. The fourth-order valence-electron chi connectivity index (χ4n) is 2.72. The first-order valence-electron chi connectivity index (χ1n) is 7.08. The minimum absolute atomic E-state index is 0.0284. The molecule has 0 atom stereocenters. The molecule has 1 fully saturated rings. The van der Waals surface area contributed by atoms with Crippen LogP contribution < -0.4 is 5.32 Å². The van der Waals surface area contributed by atoms with Crippen molar-refractivity contribution in [3.63, 3.8) is 0 Å². The molecule has 1 aliphatic carbocycles. The van der Waals surface area contributed by atoms with E-state index in [-0.39, 0.29) is 11.6 Å². The number of hydrogen-bond donors (Lipinski definition) is 1. The summed E-state index contributed by atoms with van der Waals surface area (Å²) in [6.45, 7) is 1.28. The maximum absolute atomic E-state index is 12.2. The smallest absolute Gasteiger partial charge is 0.317 e. The summed E-state index contributed by atoms with van der Waals surface area (Å²) >= 11 is 0. The molecule has 6 nitrogen and oxygen atoms in total. The summed E-state index contributed by atoms with van der Waals surface area (Å²) in [7, 11) is 7.93. The lowest BCUT2D eigenvalue weighted by Crippen LogP contribution is -2.58. The Labute approximate surface area is 120 Å². The van der Waals surface area contributed by atoms with Gasteiger partial charge >= 0.3 is 6.03 Å². The van der Waals surface area contributed by atoms with Crippen LogP contribution in [0.1, 0.15) is 25.0 Å². The van der Waals surface area contributed by atoms with Gasteiger partial charge in [0.15, 0.2) is 0 Å². The standard InChI is InChI=1S/C14H25N5O/c1-17(2)14(7-5-8-14)11-18(3)13(20)15-10-12-6-9-16-19(12)4/h6,9H,5,7-8,10-11H2,1-4H3,(H,15,20). The number of aryl methyl sites for hydroxylation is 1. The Morgan fingerprint density at radius 3 is 2.60 bits per heavy atom. The van der Waals surface area contributed by atoms with Crippen LogP contribution in [0.4, 0.5) is 4.79 Å². The van der Waals surface area contributed by atoms with Crippen LogP contribution in [-0.4, -0.2) is 58.8 Å². The number of rotatable bonds is 5. The van der Waals surface area contributed by atoms with Gasteiger partial charge in [0.2, 0.25) is 0 Å². The molecule has 6 heteroatoms. The van der Waals surface area contributed by atoms with Crippen molar-refractivity contribution in [1.29, 1.82) is 0 Å². The average molecular weight is 279 g/mol. The molecular weight excluding hydrogens is 254 g/mol. The summed E-state index contributed by atoms with van der Waals surface area (Å²) < 4.78 is 1.77. The molecule has 1 saturated carbocycles. The Morgan fingerprint density at radius 2 is 2.15 bits per heavy atom. The van der Waals surface area contributed by atoms with E-state index < -0.39 is 0 Å². The van der Waals surface area contributed by atoms with Gasteiger partial charge in [0.05, 0.1) is 12.2 Å². The second-order valence-corrected chi connectivity index (χ2v) is 5.93. The average Bonchev–Trinajstić information content (AvgIpc) is 2.75. The first-order valence-corrected chi connectivity index (χ1v) is 7.08. The van der Waals surface area contributed by atoms with E-state index in [1.165, 1.54) is 19.3 Å². The van der Waals surface area contributed by atoms with E-state index in [0.717, 1.165) is 12.2 Å². The van der Waals surface area contributed by atoms with Crippen molar-refractivity contribution >= 4 is 6.03 Å². The zero-order valence-corrected chi connectivity index (χ0v) is 12.9. The van der Waals surface area contributed by atoms with Crippen molar-refractivity contribution in [2.45, 2.75) is 31.3 Å². The number of nitrogens with zero attached hydrogens (tertiary/aromatic N) is 4. The molecule has 1 aromatic heterocycles. The predicted molar refractivity (Wildman–Crippen MR) is 78.3 cm³/mol. The number of likely N-dealkylation sites (N-methyl/N-ethyl adjacent to an activating group) is 2. The van der Waals surface area contributed by atoms with E-state index in [9.17, 15) is 4.79 Å². The quantitative estimate of drug-likeness (QED) is 0.876. The summed E-state index contributed by atoms with van der Waals surface area (Å²) in [4.78, 5) is 16.2. The zero-order valence-electron chi connectivity index (χ0n) is 12.9. The molecular formula is C14H25N5O. The van der Waals surface area contributed by atoms with Gasteiger partial charge in [-0.15, -0.1) is 0 Å². The predicted octanol–water partition coefficient (Wildman–Crippen LogP) is 1.05. The molecule has 1 heterocycles. The maximum Gasteiger partial charge on any atom is 0.317 e. The van der Waals surface area contributed by atoms with Crippen LogP contribution in [0.5, 0.6) is 0 Å². The number of hydrogen-bond acceptors (Lipinski definition) is 3. The van der Waals surface area contributed by atoms with Crippen LogP contribution in [0.15, 0.2) is 12.3 Å². The molecule has 20 heavy (non-hydrogen) atoms. The van der Waals surface area contributed by atoms with Crippen LogP contribution >= 0.6 is 0 Å². The van der Waals surface area contributed by atoms with Crippen molar-refractivity contribution in [1.82, 2.24) is 24.9 Å². The molecule has 0 radical (unpaired) electrons. The summed E-state index contributed by atoms with van der Waals surface area (Å²) in [5, 5.41) is 7.03. The molecule has 2 rings (SSSR count). The Hall–Kier alpha value is -1.56. The molecule has 1 N–H and O–H groups in total. The van der Waals surface area contributed by atoms with E-state index >= 15 is 0 Å². The van der Waals surface area contributed by atoms with Crippen LogP contribution in [0.25, 0.3) is 0 Å². The molecule has 1 aromatic rings. The Kier molecular flexibility index (Phi) is 4.32. The molecule has 0 saturated heterocycles. The lowest BCUT2D eigenvalue weighted by molar-refractivity contribution is 0.0363. The summed E-state index contributed by atoms with van der Waals surface area (Å²) in [6.07, 6.45) is 5.32. The SMILES string of the molecule is CN(CC1(N(C)C)CCC1)C(=O)NCc1ccnn1C. The number of carbonyl (C=O) groups excluding carboxylic acids is 1. The van der Waals surface area contributed by atoms with Crippen molar-refractivity contribution in [2.75, 3.05) is 27.7 Å². The van der Waals surface area contributed by atoms with Crippen LogP contribution in [0.2, 0.25) is 0 Å². The summed E-state index contributed by atoms with van der Waals surface area (Å²) in [6, 6.07) is 1.88. The lowest BCUT2D eigenvalue weighted by Gasteiger charge is -2.49. The number of carbonyl (C=O) groups is 1. The molecule has 0 aromatic carbocycles. The molecule has 0 aliphatic heterocycles. The molecule has 0 bridgehead atoms. The monoisotopic (exact) mass is 279 g/mol. The van der Waals surface area contributed by atoms with E-state index in [1.807, 2.05) is 20.2 Å². The van der Waals surface area contributed by atoms with Crippen molar-refractivity contribution in [3.05, 3.63) is 18.0 Å². The van der Waals surface area contributed by atoms with Gasteiger partial charge in [-0.25, -0.2) is 4.79 Å². The number of urea groups is 1. The van der Waals surface area contributed by atoms with E-state index in [4.69, 9.17) is 0 Å². The van der Waals surface area contributed by atoms with Gasteiger partial charge in [-0.05, 0) is 39.4 Å². The highest BCUT2D eigenvalue weighted by Gasteiger charge is 2.40. The highest BCUT2D eigenvalue weighted by atomic mass is 16.2. The normalized spacial score (nSPS) is 16.9. The van der Waals surface area contributed by atoms with E-state index in [1.54, 1.807) is 15.8 Å². The second-order valence-electron chi connectivity index (χ2n) is 5.93. The fourth-order valence-corrected chi connectivity index (χ4v) is 2.72. The molecule has 0 unspecified atom stereocenters. The molecule has 2 amide bonds. The first kappa shape index (κ1) is 14.8. The fraction of sp³-hybridized carbons (Fsp3) is 0.714. The maximum atomic E-state index is 12.2. The van der Waals surface area contributed by atoms with Gasteiger partial charge in [0, 0.05) is 32.4 Å². The third-order valence-corrected chi connectivity index (χ3v) is 4.45. The molecule has 0 spiro atoms. The van der Waals surface area contributed by atoms with Crippen LogP contribution in [0.3, 0.4) is 0 Å². The van der Waals surface area contributed by atoms with Gasteiger partial charge in [0.25, 0.3) is 0 Å². The Balaban J connectivity index is 1.84. The van der Waals surface area contributed by atoms with Crippen molar-refractivity contribution in [2.24, 2.45) is 7.05 Å². The van der Waals surface area contributed by atoms with Gasteiger partial charge in [0.1, 0.15) is 0 Å². The minimum Gasteiger partial charge on any atom is -0.332 e. The van der Waals surface area contributed by atoms with E-state index in [0.29, 0.717) is 6.54 Å². The van der Waals surface area contributed by atoms with Crippen molar-refractivity contribution in [3.8, 4) is 0 Å². The largest absolute Gasteiger partial charge is 0.332 e. The van der Waals surface area contributed by atoms with Gasteiger partial charge in [-0.1, -0.05) is 0 Å². The van der Waals surface area contributed by atoms with Gasteiger partial charge in [-0.2, -0.15) is 5.10 Å². The molecule has 1 aliphatic rings. The highest BCUT2D eigenvalue weighted by molar-refractivity contribution is 5.73. The Bertz CT molecular complexity index is 464.